The molecule has 0 amide bonds. The molecule has 0 radical (unpaired) electrons. The van der Waals surface area contributed by atoms with Crippen LogP contribution in [0.2, 0.25) is 0 Å². The molecule has 8 aromatic carbocycles. The molecule has 418 valence electrons. The van der Waals surface area contributed by atoms with Crippen LogP contribution in [-0.4, -0.2) is 39.9 Å². The van der Waals surface area contributed by atoms with Crippen LogP contribution in [-0.2, 0) is 21.7 Å². The first kappa shape index (κ1) is 53.6. The maximum Gasteiger partial charge on any atom is 0.164 e. The van der Waals surface area contributed by atoms with E-state index in [-0.39, 0.29) is 21.7 Å². The van der Waals surface area contributed by atoms with Gasteiger partial charge in [0.25, 0.3) is 0 Å². The number of ether oxygens (including phenoxy) is 4. The minimum Gasteiger partial charge on any atom is -0.457 e. The zero-order valence-electron chi connectivity index (χ0n) is 49.5. The van der Waals surface area contributed by atoms with E-state index in [0.29, 0.717) is 91.9 Å². The fraction of sp³-hybridized carbons (Fsp3) is 0.222. The molecule has 5 heterocycles. The highest BCUT2D eigenvalue weighted by atomic mass is 16.5. The second kappa shape index (κ2) is 20.0. The zero-order valence-corrected chi connectivity index (χ0v) is 49.5. The molecule has 0 fully saturated rings. The number of hydrogen-bond acceptors (Lipinski definition) is 10. The van der Waals surface area contributed by atoms with Crippen LogP contribution in [0.15, 0.2) is 170 Å². The first-order valence-corrected chi connectivity index (χ1v) is 28.6. The van der Waals surface area contributed by atoms with Crippen molar-refractivity contribution in [2.45, 2.75) is 105 Å². The van der Waals surface area contributed by atoms with Crippen molar-refractivity contribution < 1.29 is 18.9 Å². The van der Waals surface area contributed by atoms with Gasteiger partial charge in [-0.05, 0) is 165 Å². The molecule has 2 aliphatic rings. The first-order valence-electron chi connectivity index (χ1n) is 28.6. The summed E-state index contributed by atoms with van der Waals surface area (Å²) in [5.41, 5.74) is 9.96. The second-order valence-electron chi connectivity index (χ2n) is 25.9. The molecule has 0 saturated heterocycles. The number of fused-ring (bicyclic) bond motifs is 20. The van der Waals surface area contributed by atoms with Crippen LogP contribution in [0.5, 0.6) is 46.0 Å². The number of H-pyrrole nitrogens is 2. The van der Waals surface area contributed by atoms with Crippen molar-refractivity contribution in [3.05, 3.63) is 192 Å². The Morgan fingerprint density at radius 1 is 0.238 bits per heavy atom. The number of hydrogen-bond donors (Lipinski definition) is 2. The van der Waals surface area contributed by atoms with E-state index in [0.717, 1.165) is 43.8 Å². The van der Waals surface area contributed by atoms with Crippen molar-refractivity contribution in [1.29, 1.82) is 0 Å². The molecule has 0 saturated carbocycles. The molecule has 2 aliphatic heterocycles. The molecule has 12 nitrogen and oxygen atoms in total. The number of nitrogens with one attached hydrogen (secondary N) is 2. The SMILES string of the molecule is CC(C)(C)c1ccc(Oc2ccc3c(c2)-c2nc-3nc3[nH]c(nc4nc(nc5[nH]c(n2)c2ccc(Oc6ccc(C(C)(C)C)cc6)cc52)-c2ccc(Oc5ccc(C(C)(C)C)cc5)cc2-4)c2ccc(Oc4ccc(C(C)(C)C)cc4)cc32)cc1. The van der Waals surface area contributed by atoms with E-state index in [4.69, 9.17) is 48.9 Å². The van der Waals surface area contributed by atoms with Crippen molar-refractivity contribution in [3.63, 3.8) is 0 Å². The molecule has 0 unspecified atom stereocenters. The topological polar surface area (TPSA) is 146 Å². The number of nitrogens with zero attached hydrogens (tertiary/aromatic N) is 6. The molecular formula is C72H66N8O4. The summed E-state index contributed by atoms with van der Waals surface area (Å²) in [6.07, 6.45) is 0. The number of aromatic amines is 2. The van der Waals surface area contributed by atoms with Gasteiger partial charge in [0, 0.05) is 43.8 Å². The van der Waals surface area contributed by atoms with E-state index in [9.17, 15) is 0 Å². The second-order valence-corrected chi connectivity index (χ2v) is 25.9. The van der Waals surface area contributed by atoms with Gasteiger partial charge in [-0.25, -0.2) is 29.9 Å². The number of aromatic nitrogens is 8. The summed E-state index contributed by atoms with van der Waals surface area (Å²) in [5.74, 6) is 7.11. The van der Waals surface area contributed by atoms with Gasteiger partial charge in [0.15, 0.2) is 23.3 Å². The van der Waals surface area contributed by atoms with Crippen molar-refractivity contribution in [2.24, 2.45) is 0 Å². The highest BCUT2D eigenvalue weighted by Gasteiger charge is 2.26. The van der Waals surface area contributed by atoms with Crippen LogP contribution >= 0.6 is 0 Å². The average Bonchev–Trinajstić information content (AvgIpc) is 3.85. The van der Waals surface area contributed by atoms with Crippen molar-refractivity contribution in [1.82, 2.24) is 39.9 Å². The molecular weight excluding hydrogens is 1040 g/mol. The monoisotopic (exact) mass is 1110 g/mol. The summed E-state index contributed by atoms with van der Waals surface area (Å²) in [5, 5.41) is 3.12. The maximum atomic E-state index is 6.57. The minimum atomic E-state index is -0.00322. The van der Waals surface area contributed by atoms with Crippen LogP contribution in [0.4, 0.5) is 0 Å². The lowest BCUT2D eigenvalue weighted by Gasteiger charge is -2.19. The Kier molecular flexibility index (Phi) is 12.8. The highest BCUT2D eigenvalue weighted by molar-refractivity contribution is 6.07. The van der Waals surface area contributed by atoms with Gasteiger partial charge in [0.1, 0.15) is 68.6 Å². The van der Waals surface area contributed by atoms with Gasteiger partial charge >= 0.3 is 0 Å². The molecule has 12 heteroatoms. The molecule has 84 heavy (non-hydrogen) atoms. The van der Waals surface area contributed by atoms with E-state index in [1.54, 1.807) is 0 Å². The summed E-state index contributed by atoms with van der Waals surface area (Å²) in [6.45, 7) is 26.4. The fourth-order valence-electron chi connectivity index (χ4n) is 10.6. The van der Waals surface area contributed by atoms with Crippen LogP contribution in [0.3, 0.4) is 0 Å². The fourth-order valence-corrected chi connectivity index (χ4v) is 10.6. The zero-order chi connectivity index (χ0) is 58.5. The molecule has 3 aromatic heterocycles. The quantitative estimate of drug-likeness (QED) is 0.151. The molecule has 0 atom stereocenters. The normalized spacial score (nSPS) is 12.5. The van der Waals surface area contributed by atoms with Crippen molar-refractivity contribution in [2.75, 3.05) is 0 Å². The largest absolute Gasteiger partial charge is 0.457 e. The molecule has 11 aromatic rings. The summed E-state index contributed by atoms with van der Waals surface area (Å²) in [6, 6.07) is 56.6. The summed E-state index contributed by atoms with van der Waals surface area (Å²) in [4.78, 5) is 39.2. The van der Waals surface area contributed by atoms with Gasteiger partial charge in [-0.3, -0.25) is 0 Å². The van der Waals surface area contributed by atoms with Gasteiger partial charge in [-0.1, -0.05) is 132 Å². The standard InChI is InChI=1S/C72H66N8O4/c1-69(2,3)41-13-21-45(22-14-41)81-49-29-33-53-57(37-49)65-73-61(53)78-66-59-39-51(83-47-25-17-43(18-26-47)71(7,8)9)31-35-55(59)63(75-66)80-68-60-40-52(84-48-27-19-44(20-28-48)72(10,11)12)32-36-56(60)64(76-68)79-67-58-38-50(30-34-54(58)62(74-67)77-65)82-46-23-15-42(16-24-46)70(4,5)6/h13-40H,1-12H3,(H2,73,74,75,76,77,78,79,80). The lowest BCUT2D eigenvalue weighted by atomic mass is 9.87. The van der Waals surface area contributed by atoms with Gasteiger partial charge in [-0.2, -0.15) is 0 Å². The van der Waals surface area contributed by atoms with E-state index in [2.05, 4.69) is 142 Å². The Bertz CT molecular complexity index is 4260. The predicted octanol–water partition coefficient (Wildman–Crippen LogP) is 19.2. The third kappa shape index (κ3) is 10.6. The average molecular weight is 1110 g/mol. The van der Waals surface area contributed by atoms with Gasteiger partial charge in [0.05, 0.1) is 0 Å². The lowest BCUT2D eigenvalue weighted by molar-refractivity contribution is 0.481. The Morgan fingerprint density at radius 3 is 0.762 bits per heavy atom. The van der Waals surface area contributed by atoms with Crippen LogP contribution in [0, 0.1) is 0 Å². The number of rotatable bonds is 8. The van der Waals surface area contributed by atoms with Crippen LogP contribution in [0.1, 0.15) is 105 Å². The number of benzene rings is 8. The minimum absolute atomic E-state index is 0.00287. The third-order valence-corrected chi connectivity index (χ3v) is 15.5. The molecule has 8 bridgehead atoms. The Morgan fingerprint density at radius 2 is 0.476 bits per heavy atom. The van der Waals surface area contributed by atoms with E-state index < -0.39 is 0 Å². The Hall–Kier alpha value is -9.68. The van der Waals surface area contributed by atoms with Crippen molar-refractivity contribution in [3.8, 4) is 91.5 Å². The Balaban J connectivity index is 1.02. The predicted molar refractivity (Wildman–Crippen MR) is 337 cm³/mol. The van der Waals surface area contributed by atoms with E-state index in [1.165, 1.54) is 22.3 Å². The summed E-state index contributed by atoms with van der Waals surface area (Å²) in [7, 11) is 0. The van der Waals surface area contributed by atoms with Gasteiger partial charge < -0.3 is 28.9 Å². The lowest BCUT2D eigenvalue weighted by Crippen LogP contribution is -2.10. The molecule has 0 aliphatic carbocycles. The summed E-state index contributed by atoms with van der Waals surface area (Å²) < 4.78 is 26.3. The van der Waals surface area contributed by atoms with E-state index >= 15 is 0 Å². The third-order valence-electron chi connectivity index (χ3n) is 15.5. The maximum absolute atomic E-state index is 6.57. The van der Waals surface area contributed by atoms with Crippen LogP contribution < -0.4 is 18.9 Å². The first-order chi connectivity index (χ1) is 40.0. The van der Waals surface area contributed by atoms with E-state index in [1.807, 2.05) is 121 Å². The van der Waals surface area contributed by atoms with Crippen LogP contribution in [0.25, 0.3) is 89.7 Å². The smallest absolute Gasteiger partial charge is 0.164 e. The Labute approximate surface area is 489 Å². The van der Waals surface area contributed by atoms with Gasteiger partial charge in [-0.15, -0.1) is 0 Å². The summed E-state index contributed by atoms with van der Waals surface area (Å²) >= 11 is 0. The molecule has 2 N–H and O–H groups in total. The highest BCUT2D eigenvalue weighted by Crippen LogP contribution is 2.43. The van der Waals surface area contributed by atoms with Gasteiger partial charge in [0.2, 0.25) is 0 Å². The molecule has 13 rings (SSSR count). The molecule has 0 spiro atoms. The van der Waals surface area contributed by atoms with Crippen molar-refractivity contribution >= 4 is 44.1 Å².